The monoisotopic (exact) mass is 666 g/mol. The van der Waals surface area contributed by atoms with Crippen molar-refractivity contribution in [1.29, 1.82) is 0 Å². The number of benzene rings is 8. The van der Waals surface area contributed by atoms with Crippen LogP contribution in [0.3, 0.4) is 0 Å². The largest absolute Gasteiger partial charge is 0.309 e. The zero-order chi connectivity index (χ0) is 33.5. The van der Waals surface area contributed by atoms with Gasteiger partial charge in [0.1, 0.15) is 0 Å². The van der Waals surface area contributed by atoms with Crippen molar-refractivity contribution < 1.29 is 0 Å². The number of para-hydroxylation sites is 2. The summed E-state index contributed by atoms with van der Waals surface area (Å²) in [6, 6.07) is 66.7. The van der Waals surface area contributed by atoms with Crippen LogP contribution >= 0.6 is 11.3 Å². The maximum absolute atomic E-state index is 2.43. The van der Waals surface area contributed by atoms with Crippen LogP contribution in [0.4, 0.5) is 0 Å². The van der Waals surface area contributed by atoms with E-state index in [0.29, 0.717) is 0 Å². The molecule has 0 aliphatic rings. The standard InChI is InChI=1S/C48H30N2S/c1-3-11-31(12-4-1)32-19-23-36(24-20-32)49-43-17-9-7-15-37(43)39-27-33(21-25-44(39)49)34-22-26-45-40(28-34)41-29-42-38-16-8-10-18-47(38)51-48(42)30-46(41)50(45)35-13-5-2-6-14-35/h1-30H. The van der Waals surface area contributed by atoms with E-state index in [-0.39, 0.29) is 0 Å². The molecular weight excluding hydrogens is 637 g/mol. The van der Waals surface area contributed by atoms with Gasteiger partial charge in [-0.1, -0.05) is 109 Å². The number of nitrogens with zero attached hydrogens (tertiary/aromatic N) is 2. The van der Waals surface area contributed by atoms with Crippen LogP contribution in [-0.4, -0.2) is 9.13 Å². The molecule has 238 valence electrons. The summed E-state index contributed by atoms with van der Waals surface area (Å²) in [6.07, 6.45) is 0. The molecule has 0 saturated heterocycles. The Bertz CT molecular complexity index is 3110. The Morgan fingerprint density at radius 1 is 0.275 bits per heavy atom. The molecule has 0 atom stereocenters. The summed E-state index contributed by atoms with van der Waals surface area (Å²) in [5, 5.41) is 7.72. The number of hydrogen-bond donors (Lipinski definition) is 0. The van der Waals surface area contributed by atoms with Gasteiger partial charge in [0.15, 0.2) is 0 Å². The first-order valence-corrected chi connectivity index (χ1v) is 18.2. The molecule has 0 spiro atoms. The summed E-state index contributed by atoms with van der Waals surface area (Å²) >= 11 is 1.88. The molecule has 0 radical (unpaired) electrons. The minimum atomic E-state index is 1.16. The van der Waals surface area contributed by atoms with Crippen molar-refractivity contribution in [3.05, 3.63) is 182 Å². The minimum absolute atomic E-state index is 1.16. The van der Waals surface area contributed by atoms with Crippen molar-refractivity contribution in [3.8, 4) is 33.6 Å². The molecule has 2 nitrogen and oxygen atoms in total. The van der Waals surface area contributed by atoms with E-state index in [4.69, 9.17) is 0 Å². The van der Waals surface area contributed by atoms with Crippen molar-refractivity contribution in [1.82, 2.24) is 9.13 Å². The highest BCUT2D eigenvalue weighted by molar-refractivity contribution is 7.25. The molecule has 51 heavy (non-hydrogen) atoms. The molecule has 0 saturated carbocycles. The maximum Gasteiger partial charge on any atom is 0.0555 e. The summed E-state index contributed by atoms with van der Waals surface area (Å²) in [5.41, 5.74) is 12.1. The van der Waals surface area contributed by atoms with E-state index < -0.39 is 0 Å². The third kappa shape index (κ3) is 4.35. The fraction of sp³-hybridized carbons (Fsp3) is 0. The third-order valence-corrected chi connectivity index (χ3v) is 11.7. The number of fused-ring (bicyclic) bond motifs is 9. The fourth-order valence-electron chi connectivity index (χ4n) is 8.14. The molecule has 0 fully saturated rings. The summed E-state index contributed by atoms with van der Waals surface area (Å²) in [6.45, 7) is 0. The topological polar surface area (TPSA) is 9.86 Å². The molecule has 0 aliphatic carbocycles. The van der Waals surface area contributed by atoms with Gasteiger partial charge < -0.3 is 9.13 Å². The van der Waals surface area contributed by atoms with E-state index in [1.54, 1.807) is 0 Å². The Balaban J connectivity index is 1.10. The molecule has 0 N–H and O–H groups in total. The number of hydrogen-bond acceptors (Lipinski definition) is 1. The van der Waals surface area contributed by atoms with Crippen LogP contribution in [-0.2, 0) is 0 Å². The van der Waals surface area contributed by atoms with E-state index in [1.165, 1.54) is 91.7 Å². The number of thiophene rings is 1. The lowest BCUT2D eigenvalue weighted by Gasteiger charge is -2.10. The first-order chi connectivity index (χ1) is 25.3. The number of aromatic nitrogens is 2. The highest BCUT2D eigenvalue weighted by Crippen LogP contribution is 2.42. The Labute approximate surface area is 298 Å². The average molecular weight is 667 g/mol. The zero-order valence-electron chi connectivity index (χ0n) is 27.6. The summed E-state index contributed by atoms with van der Waals surface area (Å²) < 4.78 is 7.48. The summed E-state index contributed by atoms with van der Waals surface area (Å²) in [7, 11) is 0. The summed E-state index contributed by atoms with van der Waals surface area (Å²) in [4.78, 5) is 0. The molecule has 3 heterocycles. The highest BCUT2D eigenvalue weighted by atomic mass is 32.1. The van der Waals surface area contributed by atoms with E-state index >= 15 is 0 Å². The summed E-state index contributed by atoms with van der Waals surface area (Å²) in [5.74, 6) is 0. The Kier molecular flexibility index (Phi) is 6.16. The molecule has 3 heteroatoms. The quantitative estimate of drug-likeness (QED) is 0.177. The van der Waals surface area contributed by atoms with Crippen LogP contribution in [0.5, 0.6) is 0 Å². The fourth-order valence-corrected chi connectivity index (χ4v) is 9.26. The molecule has 0 amide bonds. The SMILES string of the molecule is c1ccc(-c2ccc(-n3c4ccccc4c4cc(-c5ccc6c(c5)c5cc7c(cc5n6-c5ccccc5)sc5ccccc57)ccc43)cc2)cc1. The van der Waals surface area contributed by atoms with Gasteiger partial charge in [0, 0.05) is 53.1 Å². The first-order valence-electron chi connectivity index (χ1n) is 17.4. The maximum atomic E-state index is 2.43. The Hall–Kier alpha value is -6.42. The lowest BCUT2D eigenvalue weighted by molar-refractivity contribution is 1.18. The van der Waals surface area contributed by atoms with Crippen molar-refractivity contribution in [2.45, 2.75) is 0 Å². The second-order valence-electron chi connectivity index (χ2n) is 13.4. The molecule has 11 rings (SSSR count). The van der Waals surface area contributed by atoms with Crippen LogP contribution in [0.25, 0.3) is 97.4 Å². The van der Waals surface area contributed by atoms with Gasteiger partial charge in [0.2, 0.25) is 0 Å². The number of rotatable bonds is 4. The van der Waals surface area contributed by atoms with Gasteiger partial charge >= 0.3 is 0 Å². The molecule has 8 aromatic carbocycles. The molecule has 11 aromatic rings. The van der Waals surface area contributed by atoms with Crippen molar-refractivity contribution in [2.24, 2.45) is 0 Å². The van der Waals surface area contributed by atoms with Crippen LogP contribution in [0.15, 0.2) is 182 Å². The van der Waals surface area contributed by atoms with Gasteiger partial charge in [-0.15, -0.1) is 11.3 Å². The van der Waals surface area contributed by atoms with E-state index in [0.717, 1.165) is 5.69 Å². The minimum Gasteiger partial charge on any atom is -0.309 e. The van der Waals surface area contributed by atoms with E-state index in [9.17, 15) is 0 Å². The van der Waals surface area contributed by atoms with Crippen molar-refractivity contribution >= 4 is 75.1 Å². The van der Waals surface area contributed by atoms with Crippen LogP contribution in [0, 0.1) is 0 Å². The molecular formula is C48H30N2S. The lowest BCUT2D eigenvalue weighted by atomic mass is 10.00. The van der Waals surface area contributed by atoms with Gasteiger partial charge in [-0.25, -0.2) is 0 Å². The molecule has 0 unspecified atom stereocenters. The highest BCUT2D eigenvalue weighted by Gasteiger charge is 2.18. The zero-order valence-corrected chi connectivity index (χ0v) is 28.4. The third-order valence-electron chi connectivity index (χ3n) is 10.5. The smallest absolute Gasteiger partial charge is 0.0555 e. The van der Waals surface area contributed by atoms with E-state index in [1.807, 2.05) is 11.3 Å². The Morgan fingerprint density at radius 3 is 1.53 bits per heavy atom. The Morgan fingerprint density at radius 2 is 0.784 bits per heavy atom. The van der Waals surface area contributed by atoms with Crippen LogP contribution in [0.1, 0.15) is 0 Å². The predicted octanol–water partition coefficient (Wildman–Crippen LogP) is 13.6. The van der Waals surface area contributed by atoms with Gasteiger partial charge in [-0.3, -0.25) is 0 Å². The van der Waals surface area contributed by atoms with Crippen molar-refractivity contribution in [2.75, 3.05) is 0 Å². The van der Waals surface area contributed by atoms with Crippen molar-refractivity contribution in [3.63, 3.8) is 0 Å². The van der Waals surface area contributed by atoms with Crippen LogP contribution in [0.2, 0.25) is 0 Å². The molecule has 0 aliphatic heterocycles. The second-order valence-corrected chi connectivity index (χ2v) is 14.4. The van der Waals surface area contributed by atoms with Gasteiger partial charge in [-0.05, 0) is 95.1 Å². The lowest BCUT2D eigenvalue weighted by Crippen LogP contribution is -1.94. The van der Waals surface area contributed by atoms with Crippen LogP contribution < -0.4 is 0 Å². The van der Waals surface area contributed by atoms with Gasteiger partial charge in [0.05, 0.1) is 22.1 Å². The molecule has 3 aromatic heterocycles. The first kappa shape index (κ1) is 28.4. The second kappa shape index (κ2) is 11.0. The normalized spacial score (nSPS) is 11.9. The van der Waals surface area contributed by atoms with E-state index in [2.05, 4.69) is 191 Å². The van der Waals surface area contributed by atoms with Gasteiger partial charge in [-0.2, -0.15) is 0 Å². The average Bonchev–Trinajstić information content (AvgIpc) is 3.84. The van der Waals surface area contributed by atoms with Gasteiger partial charge in [0.25, 0.3) is 0 Å². The predicted molar refractivity (Wildman–Crippen MR) is 219 cm³/mol. The molecule has 0 bridgehead atoms.